The monoisotopic (exact) mass is 196 g/mol. The zero-order chi connectivity index (χ0) is 9.97. The molecule has 5 heteroatoms. The third-order valence-electron chi connectivity index (χ3n) is 2.51. The first-order chi connectivity index (χ1) is 6.75. The molecule has 78 valence electrons. The van der Waals surface area contributed by atoms with E-state index in [9.17, 15) is 0 Å². The number of aromatic nitrogens is 2. The maximum Gasteiger partial charge on any atom is 0.243 e. The maximum absolute atomic E-state index is 5.63. The SMILES string of the molecule is CC(N)c1nc(CC2CCNC2)no1. The highest BCUT2D eigenvalue weighted by atomic mass is 16.5. The fourth-order valence-corrected chi connectivity index (χ4v) is 1.68. The molecule has 2 atom stereocenters. The molecule has 1 saturated heterocycles. The van der Waals surface area contributed by atoms with E-state index in [2.05, 4.69) is 15.5 Å². The summed E-state index contributed by atoms with van der Waals surface area (Å²) in [5.41, 5.74) is 5.63. The van der Waals surface area contributed by atoms with Crippen LogP contribution in [0.1, 0.15) is 31.1 Å². The van der Waals surface area contributed by atoms with Gasteiger partial charge in [0.25, 0.3) is 0 Å². The molecule has 0 radical (unpaired) electrons. The number of nitrogens with one attached hydrogen (secondary N) is 1. The Labute approximate surface area is 83.1 Å². The molecule has 1 fully saturated rings. The summed E-state index contributed by atoms with van der Waals surface area (Å²) in [4.78, 5) is 4.24. The maximum atomic E-state index is 5.63. The van der Waals surface area contributed by atoms with E-state index in [1.54, 1.807) is 0 Å². The van der Waals surface area contributed by atoms with Crippen molar-refractivity contribution in [3.8, 4) is 0 Å². The van der Waals surface area contributed by atoms with Crippen molar-refractivity contribution in [2.24, 2.45) is 11.7 Å². The molecule has 0 aliphatic carbocycles. The number of hydrogen-bond acceptors (Lipinski definition) is 5. The van der Waals surface area contributed by atoms with Gasteiger partial charge in [-0.15, -0.1) is 0 Å². The zero-order valence-electron chi connectivity index (χ0n) is 8.36. The Morgan fingerprint density at radius 2 is 2.57 bits per heavy atom. The van der Waals surface area contributed by atoms with Gasteiger partial charge in [0.2, 0.25) is 5.89 Å². The normalized spacial score (nSPS) is 24.0. The lowest BCUT2D eigenvalue weighted by Crippen LogP contribution is -2.11. The molecule has 2 heterocycles. The Kier molecular flexibility index (Phi) is 2.79. The number of hydrogen-bond donors (Lipinski definition) is 2. The van der Waals surface area contributed by atoms with Crippen molar-refractivity contribution in [1.82, 2.24) is 15.5 Å². The van der Waals surface area contributed by atoms with Gasteiger partial charge in [0, 0.05) is 6.42 Å². The topological polar surface area (TPSA) is 77.0 Å². The molecule has 0 bridgehead atoms. The van der Waals surface area contributed by atoms with Crippen LogP contribution in [0.25, 0.3) is 0 Å². The van der Waals surface area contributed by atoms with Gasteiger partial charge in [-0.25, -0.2) is 0 Å². The van der Waals surface area contributed by atoms with Gasteiger partial charge < -0.3 is 15.6 Å². The summed E-state index contributed by atoms with van der Waals surface area (Å²) in [6.45, 7) is 4.00. The summed E-state index contributed by atoms with van der Waals surface area (Å²) >= 11 is 0. The van der Waals surface area contributed by atoms with E-state index in [1.165, 1.54) is 6.42 Å². The van der Waals surface area contributed by atoms with Crippen molar-refractivity contribution in [1.29, 1.82) is 0 Å². The van der Waals surface area contributed by atoms with Crippen molar-refractivity contribution in [3.63, 3.8) is 0 Å². The van der Waals surface area contributed by atoms with Crippen molar-refractivity contribution in [3.05, 3.63) is 11.7 Å². The first-order valence-corrected chi connectivity index (χ1v) is 5.04. The van der Waals surface area contributed by atoms with Crippen LogP contribution < -0.4 is 11.1 Å². The van der Waals surface area contributed by atoms with Crippen LogP contribution in [0.5, 0.6) is 0 Å². The van der Waals surface area contributed by atoms with Crippen LogP contribution in [0.4, 0.5) is 0 Å². The molecule has 5 nitrogen and oxygen atoms in total. The Morgan fingerprint density at radius 1 is 1.71 bits per heavy atom. The van der Waals surface area contributed by atoms with Crippen molar-refractivity contribution >= 4 is 0 Å². The molecule has 14 heavy (non-hydrogen) atoms. The second kappa shape index (κ2) is 4.06. The molecule has 1 aliphatic heterocycles. The molecule has 0 aromatic carbocycles. The summed E-state index contributed by atoms with van der Waals surface area (Å²) in [5, 5.41) is 7.22. The van der Waals surface area contributed by atoms with Crippen molar-refractivity contribution in [2.75, 3.05) is 13.1 Å². The lowest BCUT2D eigenvalue weighted by atomic mass is 10.1. The van der Waals surface area contributed by atoms with E-state index in [-0.39, 0.29) is 6.04 Å². The van der Waals surface area contributed by atoms with Crippen LogP contribution >= 0.6 is 0 Å². The summed E-state index contributed by atoms with van der Waals surface area (Å²) in [5.74, 6) is 1.96. The van der Waals surface area contributed by atoms with Crippen LogP contribution in [0.2, 0.25) is 0 Å². The van der Waals surface area contributed by atoms with Crippen LogP contribution in [-0.4, -0.2) is 23.2 Å². The van der Waals surface area contributed by atoms with Gasteiger partial charge >= 0.3 is 0 Å². The largest absolute Gasteiger partial charge is 0.338 e. The van der Waals surface area contributed by atoms with Crippen molar-refractivity contribution in [2.45, 2.75) is 25.8 Å². The van der Waals surface area contributed by atoms with E-state index >= 15 is 0 Å². The van der Waals surface area contributed by atoms with Crippen LogP contribution in [-0.2, 0) is 6.42 Å². The minimum absolute atomic E-state index is 0.169. The first kappa shape index (κ1) is 9.61. The lowest BCUT2D eigenvalue weighted by Gasteiger charge is -2.02. The quantitative estimate of drug-likeness (QED) is 0.724. The van der Waals surface area contributed by atoms with Gasteiger partial charge in [0.1, 0.15) is 0 Å². The zero-order valence-corrected chi connectivity index (χ0v) is 8.36. The Balaban J connectivity index is 1.95. The van der Waals surface area contributed by atoms with Gasteiger partial charge in [-0.05, 0) is 32.4 Å². The van der Waals surface area contributed by atoms with E-state index < -0.39 is 0 Å². The number of nitrogens with zero attached hydrogens (tertiary/aromatic N) is 2. The van der Waals surface area contributed by atoms with Crippen LogP contribution in [0.3, 0.4) is 0 Å². The third kappa shape index (κ3) is 2.10. The predicted octanol–water partition coefficient (Wildman–Crippen LogP) is 0.241. The highest BCUT2D eigenvalue weighted by molar-refractivity contribution is 4.92. The van der Waals surface area contributed by atoms with Gasteiger partial charge in [0.05, 0.1) is 6.04 Å². The van der Waals surface area contributed by atoms with E-state index in [0.717, 1.165) is 25.3 Å². The summed E-state index contributed by atoms with van der Waals surface area (Å²) in [7, 11) is 0. The highest BCUT2D eigenvalue weighted by Gasteiger charge is 2.18. The van der Waals surface area contributed by atoms with Gasteiger partial charge in [-0.1, -0.05) is 5.16 Å². The Bertz CT molecular complexity index is 291. The van der Waals surface area contributed by atoms with Gasteiger partial charge in [-0.3, -0.25) is 0 Å². The fourth-order valence-electron chi connectivity index (χ4n) is 1.68. The molecule has 1 aromatic rings. The third-order valence-corrected chi connectivity index (χ3v) is 2.51. The fraction of sp³-hybridized carbons (Fsp3) is 0.778. The molecule has 0 spiro atoms. The number of rotatable bonds is 3. The molecule has 2 unspecified atom stereocenters. The molecule has 1 aromatic heterocycles. The summed E-state index contributed by atoms with van der Waals surface area (Å²) < 4.78 is 5.03. The van der Waals surface area contributed by atoms with E-state index in [0.29, 0.717) is 11.8 Å². The van der Waals surface area contributed by atoms with Crippen molar-refractivity contribution < 1.29 is 4.52 Å². The Hall–Kier alpha value is -0.940. The molecular weight excluding hydrogens is 180 g/mol. The minimum atomic E-state index is -0.169. The summed E-state index contributed by atoms with van der Waals surface area (Å²) in [6, 6.07) is -0.169. The Morgan fingerprint density at radius 3 is 3.14 bits per heavy atom. The molecule has 2 rings (SSSR count). The van der Waals surface area contributed by atoms with E-state index in [4.69, 9.17) is 10.3 Å². The standard InChI is InChI=1S/C9H16N4O/c1-6(10)9-12-8(13-14-9)4-7-2-3-11-5-7/h6-7,11H,2-5,10H2,1H3. The number of nitrogens with two attached hydrogens (primary N) is 1. The van der Waals surface area contributed by atoms with E-state index in [1.807, 2.05) is 6.92 Å². The smallest absolute Gasteiger partial charge is 0.243 e. The van der Waals surface area contributed by atoms with Gasteiger partial charge in [-0.2, -0.15) is 4.98 Å². The molecule has 0 saturated carbocycles. The second-order valence-corrected chi connectivity index (χ2v) is 3.90. The molecule has 3 N–H and O–H groups in total. The summed E-state index contributed by atoms with van der Waals surface area (Å²) in [6.07, 6.45) is 2.09. The molecule has 1 aliphatic rings. The lowest BCUT2D eigenvalue weighted by molar-refractivity contribution is 0.355. The first-order valence-electron chi connectivity index (χ1n) is 5.04. The molecular formula is C9H16N4O. The average Bonchev–Trinajstić information content (AvgIpc) is 2.75. The minimum Gasteiger partial charge on any atom is -0.338 e. The predicted molar refractivity (Wildman–Crippen MR) is 51.6 cm³/mol. The van der Waals surface area contributed by atoms with Crippen LogP contribution in [0.15, 0.2) is 4.52 Å². The average molecular weight is 196 g/mol. The highest BCUT2D eigenvalue weighted by Crippen LogP contribution is 2.14. The van der Waals surface area contributed by atoms with Gasteiger partial charge in [0.15, 0.2) is 5.82 Å². The second-order valence-electron chi connectivity index (χ2n) is 3.90. The van der Waals surface area contributed by atoms with Crippen LogP contribution in [0, 0.1) is 5.92 Å². The molecule has 0 amide bonds.